The number of benzene rings is 2. The molecule has 2 saturated heterocycles. The lowest BCUT2D eigenvalue weighted by Gasteiger charge is -2.36. The summed E-state index contributed by atoms with van der Waals surface area (Å²) in [4.78, 5) is 27.1. The van der Waals surface area contributed by atoms with Crippen molar-refractivity contribution in [2.24, 2.45) is 11.5 Å². The maximum absolute atomic E-state index is 6.14. The van der Waals surface area contributed by atoms with Crippen LogP contribution in [0.3, 0.4) is 0 Å². The van der Waals surface area contributed by atoms with Gasteiger partial charge < -0.3 is 31.1 Å². The van der Waals surface area contributed by atoms with Crippen LogP contribution >= 0.6 is 0 Å². The first-order valence-electron chi connectivity index (χ1n) is 17.4. The first kappa shape index (κ1) is 34.5. The number of nitrogens with two attached hydrogens (primary N) is 2. The first-order chi connectivity index (χ1) is 22.9. The third-order valence-electron chi connectivity index (χ3n) is 9.43. The number of rotatable bonds is 6. The van der Waals surface area contributed by atoms with Crippen LogP contribution in [-0.4, -0.2) is 90.8 Å². The van der Waals surface area contributed by atoms with Crippen molar-refractivity contribution in [1.29, 1.82) is 0 Å². The number of aromatic nitrogens is 4. The predicted octanol–water partition coefficient (Wildman–Crippen LogP) is 4.57. The average molecular weight is 639 g/mol. The molecule has 0 spiro atoms. The quantitative estimate of drug-likeness (QED) is 0.311. The number of hydrogen-bond donors (Lipinski definition) is 2. The molecule has 10 heteroatoms. The molecule has 2 fully saturated rings. The molecule has 252 valence electrons. The van der Waals surface area contributed by atoms with E-state index in [1.807, 2.05) is 18.0 Å². The van der Waals surface area contributed by atoms with E-state index in [0.29, 0.717) is 12.6 Å². The highest BCUT2D eigenvalue weighted by Crippen LogP contribution is 2.35. The highest BCUT2D eigenvalue weighted by Gasteiger charge is 2.27. The minimum Gasteiger partial charge on any atom is -0.365 e. The van der Waals surface area contributed by atoms with Gasteiger partial charge in [0.25, 0.3) is 0 Å². The Labute approximate surface area is 281 Å². The third kappa shape index (κ3) is 8.94. The summed E-state index contributed by atoms with van der Waals surface area (Å²) in [5, 5.41) is 2.67. The fourth-order valence-electron chi connectivity index (χ4n) is 6.66. The Morgan fingerprint density at radius 3 is 2.32 bits per heavy atom. The topological polar surface area (TPSA) is 117 Å². The molecule has 0 saturated carbocycles. The van der Waals surface area contributed by atoms with Crippen LogP contribution in [-0.2, 0) is 19.4 Å². The molecule has 2 aromatic heterocycles. The Bertz CT molecular complexity index is 1540. The highest BCUT2D eigenvalue weighted by atomic mass is 15.2. The molecule has 10 nitrogen and oxygen atoms in total. The van der Waals surface area contributed by atoms with E-state index in [1.54, 1.807) is 6.20 Å². The number of fused-ring (bicyclic) bond motifs is 2. The lowest BCUT2D eigenvalue weighted by molar-refractivity contribution is 0.418. The van der Waals surface area contributed by atoms with Crippen LogP contribution in [0.4, 0.5) is 17.3 Å². The van der Waals surface area contributed by atoms with Crippen molar-refractivity contribution in [3.8, 4) is 0 Å². The average Bonchev–Trinajstić information content (AvgIpc) is 3.59. The zero-order chi connectivity index (χ0) is 33.2. The maximum atomic E-state index is 6.14. The van der Waals surface area contributed by atoms with Gasteiger partial charge in [-0.1, -0.05) is 37.3 Å². The van der Waals surface area contributed by atoms with E-state index in [2.05, 4.69) is 82.0 Å². The summed E-state index contributed by atoms with van der Waals surface area (Å²) in [6.07, 6.45) is 10.0. The minimum absolute atomic E-state index is 0.328. The van der Waals surface area contributed by atoms with Crippen LogP contribution in [0, 0.1) is 6.92 Å². The normalized spacial score (nSPS) is 16.6. The molecule has 47 heavy (non-hydrogen) atoms. The van der Waals surface area contributed by atoms with Crippen LogP contribution in [0.15, 0.2) is 55.0 Å². The van der Waals surface area contributed by atoms with Gasteiger partial charge in [-0.3, -0.25) is 0 Å². The molecule has 0 unspecified atom stereocenters. The summed E-state index contributed by atoms with van der Waals surface area (Å²) < 4.78 is 0. The van der Waals surface area contributed by atoms with E-state index in [1.165, 1.54) is 65.5 Å². The van der Waals surface area contributed by atoms with Crippen molar-refractivity contribution in [2.75, 3.05) is 74.6 Å². The van der Waals surface area contributed by atoms with Crippen LogP contribution in [0.1, 0.15) is 55.3 Å². The fourth-order valence-corrected chi connectivity index (χ4v) is 6.66. The summed E-state index contributed by atoms with van der Waals surface area (Å²) in [5.41, 5.74) is 16.7. The molecule has 2 aromatic carbocycles. The van der Waals surface area contributed by atoms with Crippen molar-refractivity contribution in [2.45, 2.75) is 65.0 Å². The standard InChI is InChI=1S/C25H31N5.C7H12N4.C5H11N/c1-3-23-27-21-16-30(22-9-5-8-18-7-4-6-17(2)24(18)22)15-12-20(21)25(28-23)29-13-10-19(26)11-14-29;1-11(5-3-8)7-2-4-9-6-10-7;1-6-4-2-3-5-6/h4-9,19H,3,10-16,26H2,1-2H3;2,4,6H,3,5,8H2,1H3;2-5H2,1H3. The summed E-state index contributed by atoms with van der Waals surface area (Å²) in [7, 11) is 4.13. The van der Waals surface area contributed by atoms with Crippen molar-refractivity contribution in [3.05, 3.63) is 77.6 Å². The van der Waals surface area contributed by atoms with Gasteiger partial charge in [0.2, 0.25) is 0 Å². The Morgan fingerprint density at radius 2 is 1.68 bits per heavy atom. The lowest BCUT2D eigenvalue weighted by atomic mass is 9.99. The summed E-state index contributed by atoms with van der Waals surface area (Å²) in [5.74, 6) is 3.03. The Kier molecular flexibility index (Phi) is 12.3. The molecule has 0 bridgehead atoms. The molecular formula is C37H54N10. The lowest BCUT2D eigenvalue weighted by Crippen LogP contribution is -2.41. The molecule has 0 aliphatic carbocycles. The van der Waals surface area contributed by atoms with E-state index >= 15 is 0 Å². The smallest absolute Gasteiger partial charge is 0.135 e. The monoisotopic (exact) mass is 638 g/mol. The molecule has 4 aromatic rings. The predicted molar refractivity (Wildman–Crippen MR) is 195 cm³/mol. The molecule has 0 atom stereocenters. The minimum atomic E-state index is 0.328. The van der Waals surface area contributed by atoms with Gasteiger partial charge in [0.15, 0.2) is 0 Å². The number of nitrogens with zero attached hydrogens (tertiary/aromatic N) is 8. The van der Waals surface area contributed by atoms with E-state index in [4.69, 9.17) is 21.4 Å². The Balaban J connectivity index is 0.000000208. The molecular weight excluding hydrogens is 584 g/mol. The maximum Gasteiger partial charge on any atom is 0.135 e. The zero-order valence-electron chi connectivity index (χ0n) is 28.9. The molecule has 0 radical (unpaired) electrons. The molecule has 3 aliphatic rings. The van der Waals surface area contributed by atoms with Gasteiger partial charge in [-0.15, -0.1) is 0 Å². The highest BCUT2D eigenvalue weighted by molar-refractivity contribution is 5.97. The van der Waals surface area contributed by atoms with Crippen molar-refractivity contribution < 1.29 is 0 Å². The van der Waals surface area contributed by atoms with Gasteiger partial charge in [-0.2, -0.15) is 0 Å². The van der Waals surface area contributed by atoms with Gasteiger partial charge in [0.05, 0.1) is 12.2 Å². The SMILES string of the molecule is CCc1nc2c(c(N3CCC(N)CC3)n1)CCN(c1cccc3cccc(C)c13)C2.CN(CCN)c1ccncn1.CN1CCCC1. The molecule has 0 amide bonds. The molecule has 5 heterocycles. The van der Waals surface area contributed by atoms with E-state index < -0.39 is 0 Å². The number of likely N-dealkylation sites (N-methyl/N-ethyl adjacent to an activating group) is 1. The largest absolute Gasteiger partial charge is 0.365 e. The second-order valence-corrected chi connectivity index (χ2v) is 13.0. The van der Waals surface area contributed by atoms with E-state index in [-0.39, 0.29) is 0 Å². The van der Waals surface area contributed by atoms with E-state index in [0.717, 1.165) is 75.9 Å². The van der Waals surface area contributed by atoms with Gasteiger partial charge in [0, 0.05) is 75.1 Å². The van der Waals surface area contributed by atoms with Gasteiger partial charge in [-0.25, -0.2) is 19.9 Å². The zero-order valence-corrected chi connectivity index (χ0v) is 28.9. The van der Waals surface area contributed by atoms with Crippen molar-refractivity contribution in [1.82, 2.24) is 24.8 Å². The second-order valence-electron chi connectivity index (χ2n) is 13.0. The van der Waals surface area contributed by atoms with Crippen LogP contribution in [0.5, 0.6) is 0 Å². The molecule has 7 rings (SSSR count). The Morgan fingerprint density at radius 1 is 0.936 bits per heavy atom. The first-order valence-corrected chi connectivity index (χ1v) is 17.4. The Hall–Kier alpha value is -3.86. The van der Waals surface area contributed by atoms with E-state index in [9.17, 15) is 0 Å². The number of hydrogen-bond acceptors (Lipinski definition) is 10. The van der Waals surface area contributed by atoms with Gasteiger partial charge in [-0.05, 0) is 82.2 Å². The fraction of sp³-hybridized carbons (Fsp3) is 0.514. The summed E-state index contributed by atoms with van der Waals surface area (Å²) in [6.45, 7) is 12.3. The van der Waals surface area contributed by atoms with Crippen LogP contribution in [0.2, 0.25) is 0 Å². The molecule has 3 aliphatic heterocycles. The summed E-state index contributed by atoms with van der Waals surface area (Å²) >= 11 is 0. The third-order valence-corrected chi connectivity index (χ3v) is 9.43. The van der Waals surface area contributed by atoms with Crippen LogP contribution < -0.4 is 26.2 Å². The van der Waals surface area contributed by atoms with Crippen LogP contribution in [0.25, 0.3) is 10.8 Å². The number of aryl methyl sites for hydroxylation is 2. The van der Waals surface area contributed by atoms with Crippen molar-refractivity contribution >= 4 is 28.1 Å². The van der Waals surface area contributed by atoms with Gasteiger partial charge in [0.1, 0.15) is 23.8 Å². The molecule has 4 N–H and O–H groups in total. The summed E-state index contributed by atoms with van der Waals surface area (Å²) in [6, 6.07) is 15.4. The number of anilines is 3. The van der Waals surface area contributed by atoms with Gasteiger partial charge >= 0.3 is 0 Å². The second kappa shape index (κ2) is 16.8. The van der Waals surface area contributed by atoms with Crippen molar-refractivity contribution in [3.63, 3.8) is 0 Å². The number of piperidine rings is 1. The number of likely N-dealkylation sites (tertiary alicyclic amines) is 1.